The molecule has 3 aliphatic rings. The van der Waals surface area contributed by atoms with Gasteiger partial charge in [-0.2, -0.15) is 0 Å². The van der Waals surface area contributed by atoms with Gasteiger partial charge in [0.15, 0.2) is 6.29 Å². The summed E-state index contributed by atoms with van der Waals surface area (Å²) in [6, 6.07) is 13.3. The minimum absolute atomic E-state index is 0.159. The van der Waals surface area contributed by atoms with Crippen molar-refractivity contribution in [2.75, 3.05) is 26.4 Å². The van der Waals surface area contributed by atoms with E-state index in [2.05, 4.69) is 18.0 Å². The number of nitrogens with zero attached hydrogens (tertiary/aromatic N) is 1. The van der Waals surface area contributed by atoms with Crippen molar-refractivity contribution in [1.82, 2.24) is 9.88 Å². The Morgan fingerprint density at radius 1 is 1.16 bits per heavy atom. The number of H-pyrrole nitrogens is 1. The molecule has 0 spiro atoms. The number of ether oxygens (including phenoxy) is 4. The first-order valence-electron chi connectivity index (χ1n) is 12.7. The lowest BCUT2D eigenvalue weighted by Gasteiger charge is -2.36. The van der Waals surface area contributed by atoms with Crippen molar-refractivity contribution in [3.63, 3.8) is 0 Å². The van der Waals surface area contributed by atoms with Crippen LogP contribution in [0.3, 0.4) is 0 Å². The first-order chi connectivity index (χ1) is 18.1. The number of hydrogen-bond donors (Lipinski definition) is 1. The first-order valence-corrected chi connectivity index (χ1v) is 13.1. The van der Waals surface area contributed by atoms with Gasteiger partial charge in [0.05, 0.1) is 13.2 Å². The van der Waals surface area contributed by atoms with Crippen molar-refractivity contribution in [2.24, 2.45) is 5.92 Å². The monoisotopic (exact) mass is 520 g/mol. The predicted octanol–water partition coefficient (Wildman–Crippen LogP) is 6.14. The molecular formula is C29H29ClN2O5. The Morgan fingerprint density at radius 3 is 2.76 bits per heavy atom. The SMILES string of the molecule is CC1CC=CC=C1OC(=O)N1CCc2c([nH]c3ccc(Cl)cc23)C1c1ccc(OCC2OCCO2)cc1. The van der Waals surface area contributed by atoms with E-state index >= 15 is 0 Å². The molecule has 1 aromatic heterocycles. The number of hydrogen-bond acceptors (Lipinski definition) is 5. The third-order valence-electron chi connectivity index (χ3n) is 7.17. The van der Waals surface area contributed by atoms with Gasteiger partial charge in [-0.3, -0.25) is 4.90 Å². The molecule has 1 aliphatic carbocycles. The number of carbonyl (C=O) groups is 1. The van der Waals surface area contributed by atoms with Crippen molar-refractivity contribution in [1.29, 1.82) is 0 Å². The Morgan fingerprint density at radius 2 is 1.97 bits per heavy atom. The van der Waals surface area contributed by atoms with Gasteiger partial charge in [-0.1, -0.05) is 42.8 Å². The Balaban J connectivity index is 1.32. The number of aromatic amines is 1. The number of halogens is 1. The summed E-state index contributed by atoms with van der Waals surface area (Å²) in [6.45, 7) is 4.10. The highest BCUT2D eigenvalue weighted by Gasteiger charge is 2.36. The molecule has 192 valence electrons. The molecule has 2 aromatic carbocycles. The second-order valence-electron chi connectivity index (χ2n) is 9.61. The largest absolute Gasteiger partial charge is 0.488 e. The van der Waals surface area contributed by atoms with E-state index in [0.29, 0.717) is 49.3 Å². The summed E-state index contributed by atoms with van der Waals surface area (Å²) < 4.78 is 22.7. The minimum atomic E-state index is -0.350. The molecule has 1 fully saturated rings. The van der Waals surface area contributed by atoms with Crippen LogP contribution in [0.15, 0.2) is 66.5 Å². The van der Waals surface area contributed by atoms with Gasteiger partial charge >= 0.3 is 6.09 Å². The van der Waals surface area contributed by atoms with Crippen LogP contribution in [0.4, 0.5) is 4.79 Å². The van der Waals surface area contributed by atoms with E-state index in [1.54, 1.807) is 4.90 Å². The number of carbonyl (C=O) groups excluding carboxylic acids is 1. The van der Waals surface area contributed by atoms with Crippen molar-refractivity contribution < 1.29 is 23.7 Å². The van der Waals surface area contributed by atoms with E-state index in [0.717, 1.165) is 28.6 Å². The maximum Gasteiger partial charge on any atom is 0.415 e. The van der Waals surface area contributed by atoms with Crippen molar-refractivity contribution >= 4 is 28.6 Å². The normalized spacial score (nSPS) is 21.7. The van der Waals surface area contributed by atoms with Gasteiger partial charge in [0.1, 0.15) is 24.2 Å². The fourth-order valence-electron chi connectivity index (χ4n) is 5.24. The van der Waals surface area contributed by atoms with E-state index in [-0.39, 0.29) is 24.3 Å². The molecule has 1 saturated heterocycles. The Bertz CT molecular complexity index is 1360. The van der Waals surface area contributed by atoms with Crippen LogP contribution in [-0.4, -0.2) is 48.6 Å². The Kier molecular flexibility index (Phi) is 6.67. The average molecular weight is 521 g/mol. The molecule has 1 N–H and O–H groups in total. The zero-order chi connectivity index (χ0) is 25.4. The lowest BCUT2D eigenvalue weighted by molar-refractivity contribution is -0.0684. The van der Waals surface area contributed by atoms with Crippen LogP contribution in [0.2, 0.25) is 5.02 Å². The quantitative estimate of drug-likeness (QED) is 0.437. The summed E-state index contributed by atoms with van der Waals surface area (Å²) in [7, 11) is 0. The average Bonchev–Trinajstić information content (AvgIpc) is 3.56. The number of nitrogens with one attached hydrogen (secondary N) is 1. The standard InChI is InChI=1S/C29H29ClN2O5/c1-18-4-2-3-5-25(18)37-29(33)32-13-12-22-23-16-20(30)8-11-24(23)31-27(22)28(32)19-6-9-21(10-7-19)36-17-26-34-14-15-35-26/h2-3,5-11,16,18,26,28,31H,4,12-15,17H2,1H3. The number of aromatic nitrogens is 1. The zero-order valence-electron chi connectivity index (χ0n) is 20.6. The fourth-order valence-corrected chi connectivity index (χ4v) is 5.41. The second-order valence-corrected chi connectivity index (χ2v) is 10.0. The number of fused-ring (bicyclic) bond motifs is 3. The van der Waals surface area contributed by atoms with E-state index < -0.39 is 0 Å². The molecule has 2 unspecified atom stereocenters. The highest BCUT2D eigenvalue weighted by Crippen LogP contribution is 2.40. The van der Waals surface area contributed by atoms with Gasteiger partial charge in [0.25, 0.3) is 0 Å². The van der Waals surface area contributed by atoms with Crippen LogP contribution in [0, 0.1) is 5.92 Å². The first kappa shape index (κ1) is 24.1. The van der Waals surface area contributed by atoms with E-state index in [9.17, 15) is 4.79 Å². The summed E-state index contributed by atoms with van der Waals surface area (Å²) in [5.74, 6) is 1.57. The number of amides is 1. The Hall–Kier alpha value is -3.26. The third-order valence-corrected chi connectivity index (χ3v) is 7.41. The summed E-state index contributed by atoms with van der Waals surface area (Å²) in [5, 5.41) is 1.78. The van der Waals surface area contributed by atoms with Gasteiger partial charge in [-0.15, -0.1) is 0 Å². The molecule has 8 heteroatoms. The maximum absolute atomic E-state index is 13.5. The number of rotatable bonds is 5. The lowest BCUT2D eigenvalue weighted by Crippen LogP contribution is -2.41. The van der Waals surface area contributed by atoms with Crippen LogP contribution >= 0.6 is 11.6 Å². The van der Waals surface area contributed by atoms with Gasteiger partial charge in [-0.05, 0) is 60.4 Å². The molecule has 7 nitrogen and oxygen atoms in total. The molecule has 0 saturated carbocycles. The lowest BCUT2D eigenvalue weighted by atomic mass is 9.92. The van der Waals surface area contributed by atoms with Crippen LogP contribution in [0.1, 0.15) is 36.2 Å². The minimum Gasteiger partial charge on any atom is -0.488 e. The third kappa shape index (κ3) is 4.87. The summed E-state index contributed by atoms with van der Waals surface area (Å²) in [6.07, 6.45) is 6.78. The van der Waals surface area contributed by atoms with Gasteiger partial charge in [0.2, 0.25) is 0 Å². The highest BCUT2D eigenvalue weighted by molar-refractivity contribution is 6.31. The highest BCUT2D eigenvalue weighted by atomic mass is 35.5. The maximum atomic E-state index is 13.5. The van der Waals surface area contributed by atoms with Crippen LogP contribution in [0.5, 0.6) is 5.75 Å². The van der Waals surface area contributed by atoms with E-state index in [1.165, 1.54) is 5.56 Å². The summed E-state index contributed by atoms with van der Waals surface area (Å²) >= 11 is 6.32. The molecule has 1 amide bonds. The smallest absolute Gasteiger partial charge is 0.415 e. The molecule has 3 heterocycles. The molecule has 0 bridgehead atoms. The summed E-state index contributed by atoms with van der Waals surface area (Å²) in [4.78, 5) is 18.9. The number of benzene rings is 2. The van der Waals surface area contributed by atoms with Gasteiger partial charge in [-0.25, -0.2) is 4.79 Å². The zero-order valence-corrected chi connectivity index (χ0v) is 21.4. The second kappa shape index (κ2) is 10.2. The van der Waals surface area contributed by atoms with Gasteiger partial charge in [0, 0.05) is 34.1 Å². The topological polar surface area (TPSA) is 73.0 Å². The predicted molar refractivity (Wildman–Crippen MR) is 141 cm³/mol. The number of allylic oxidation sites excluding steroid dienone is 4. The van der Waals surface area contributed by atoms with Crippen molar-refractivity contribution in [3.8, 4) is 5.75 Å². The Labute approximate surface area is 220 Å². The molecule has 6 rings (SSSR count). The van der Waals surface area contributed by atoms with Gasteiger partial charge < -0.3 is 23.9 Å². The summed E-state index contributed by atoms with van der Waals surface area (Å²) in [5.41, 5.74) is 4.12. The fraction of sp³-hybridized carbons (Fsp3) is 0.345. The molecule has 2 aliphatic heterocycles. The van der Waals surface area contributed by atoms with Crippen LogP contribution in [-0.2, 0) is 20.6 Å². The van der Waals surface area contributed by atoms with E-state index in [1.807, 2.05) is 54.6 Å². The molecule has 0 radical (unpaired) electrons. The van der Waals surface area contributed by atoms with E-state index in [4.69, 9.17) is 30.5 Å². The molecular weight excluding hydrogens is 492 g/mol. The molecule has 37 heavy (non-hydrogen) atoms. The van der Waals surface area contributed by atoms with Crippen LogP contribution < -0.4 is 4.74 Å². The molecule has 2 atom stereocenters. The molecule has 3 aromatic rings. The van der Waals surface area contributed by atoms with Crippen molar-refractivity contribution in [2.45, 2.75) is 32.1 Å². The van der Waals surface area contributed by atoms with Crippen LogP contribution in [0.25, 0.3) is 10.9 Å². The van der Waals surface area contributed by atoms with Crippen molar-refractivity contribution in [3.05, 3.63) is 88.3 Å².